The molecule has 0 amide bonds. The van der Waals surface area contributed by atoms with Crippen LogP contribution in [0.15, 0.2) is 41.8 Å². The SMILES string of the molecule is N=C(N)c1ccccc1CN(Cc1cccs1)C1CC1. The zero-order valence-corrected chi connectivity index (χ0v) is 12.2. The van der Waals surface area contributed by atoms with Crippen molar-refractivity contribution in [2.24, 2.45) is 5.73 Å². The quantitative estimate of drug-likeness (QED) is 0.632. The minimum atomic E-state index is 0.160. The van der Waals surface area contributed by atoms with Gasteiger partial charge in [-0.05, 0) is 29.9 Å². The molecule has 0 spiro atoms. The maximum atomic E-state index is 7.70. The van der Waals surface area contributed by atoms with E-state index in [0.29, 0.717) is 6.04 Å². The number of nitrogens with one attached hydrogen (secondary N) is 1. The molecule has 0 unspecified atom stereocenters. The Bertz CT molecular complexity index is 588. The molecule has 1 aliphatic carbocycles. The fraction of sp³-hybridized carbons (Fsp3) is 0.312. The first-order valence-corrected chi connectivity index (χ1v) is 7.81. The first-order chi connectivity index (χ1) is 9.74. The molecule has 0 atom stereocenters. The standard InChI is InChI=1S/C16H19N3S/c17-16(18)15-6-2-1-4-12(15)10-19(13-7-8-13)11-14-5-3-9-20-14/h1-6,9,13H,7-8,10-11H2,(H3,17,18). The zero-order chi connectivity index (χ0) is 13.9. The number of hydrogen-bond acceptors (Lipinski definition) is 3. The predicted octanol–water partition coefficient (Wildman–Crippen LogP) is 3.20. The summed E-state index contributed by atoms with van der Waals surface area (Å²) in [6.07, 6.45) is 2.57. The van der Waals surface area contributed by atoms with E-state index in [4.69, 9.17) is 11.1 Å². The molecule has 1 saturated carbocycles. The van der Waals surface area contributed by atoms with E-state index in [1.165, 1.54) is 17.7 Å². The van der Waals surface area contributed by atoms with E-state index in [-0.39, 0.29) is 5.84 Å². The van der Waals surface area contributed by atoms with Crippen LogP contribution in [0, 0.1) is 5.41 Å². The van der Waals surface area contributed by atoms with Crippen LogP contribution in [0.3, 0.4) is 0 Å². The molecule has 2 aromatic rings. The van der Waals surface area contributed by atoms with Gasteiger partial charge in [-0.15, -0.1) is 11.3 Å². The van der Waals surface area contributed by atoms with Crippen molar-refractivity contribution < 1.29 is 0 Å². The van der Waals surface area contributed by atoms with Crippen LogP contribution in [0.4, 0.5) is 0 Å². The van der Waals surface area contributed by atoms with E-state index in [2.05, 4.69) is 28.5 Å². The lowest BCUT2D eigenvalue weighted by atomic mass is 10.1. The van der Waals surface area contributed by atoms with Gasteiger partial charge in [0.25, 0.3) is 0 Å². The van der Waals surface area contributed by atoms with Gasteiger partial charge in [0.1, 0.15) is 5.84 Å². The summed E-state index contributed by atoms with van der Waals surface area (Å²) in [5, 5.41) is 9.83. The highest BCUT2D eigenvalue weighted by atomic mass is 32.1. The molecule has 3 nitrogen and oxygen atoms in total. The summed E-state index contributed by atoms with van der Waals surface area (Å²) in [6.45, 7) is 1.87. The molecule has 104 valence electrons. The van der Waals surface area contributed by atoms with Crippen molar-refractivity contribution in [3.05, 3.63) is 57.8 Å². The Morgan fingerprint density at radius 3 is 2.65 bits per heavy atom. The van der Waals surface area contributed by atoms with Gasteiger partial charge in [-0.25, -0.2) is 0 Å². The molecule has 1 fully saturated rings. The number of amidine groups is 1. The number of benzene rings is 1. The molecule has 0 saturated heterocycles. The van der Waals surface area contributed by atoms with Gasteiger partial charge in [0, 0.05) is 29.6 Å². The van der Waals surface area contributed by atoms with Gasteiger partial charge >= 0.3 is 0 Å². The van der Waals surface area contributed by atoms with E-state index in [1.54, 1.807) is 0 Å². The van der Waals surface area contributed by atoms with Crippen LogP contribution >= 0.6 is 11.3 Å². The molecule has 1 heterocycles. The normalized spacial score (nSPS) is 14.7. The van der Waals surface area contributed by atoms with E-state index >= 15 is 0 Å². The topological polar surface area (TPSA) is 53.1 Å². The summed E-state index contributed by atoms with van der Waals surface area (Å²) in [5.41, 5.74) is 7.71. The van der Waals surface area contributed by atoms with Gasteiger partial charge in [0.2, 0.25) is 0 Å². The summed E-state index contributed by atoms with van der Waals surface area (Å²) in [6, 6.07) is 13.0. The van der Waals surface area contributed by atoms with Crippen molar-refractivity contribution in [3.63, 3.8) is 0 Å². The average molecular weight is 285 g/mol. The minimum absolute atomic E-state index is 0.160. The second kappa shape index (κ2) is 5.77. The van der Waals surface area contributed by atoms with Gasteiger partial charge in [0.15, 0.2) is 0 Å². The maximum absolute atomic E-state index is 7.70. The number of nitrogen functional groups attached to an aromatic ring is 1. The Hall–Kier alpha value is -1.65. The number of rotatable bonds is 6. The number of thiophene rings is 1. The summed E-state index contributed by atoms with van der Waals surface area (Å²) >= 11 is 1.81. The molecule has 1 aromatic carbocycles. The van der Waals surface area contributed by atoms with Crippen LogP contribution in [-0.2, 0) is 13.1 Å². The van der Waals surface area contributed by atoms with Crippen molar-refractivity contribution in [3.8, 4) is 0 Å². The highest BCUT2D eigenvalue weighted by molar-refractivity contribution is 7.09. The lowest BCUT2D eigenvalue weighted by molar-refractivity contribution is 0.248. The fourth-order valence-electron chi connectivity index (χ4n) is 2.50. The van der Waals surface area contributed by atoms with Gasteiger partial charge < -0.3 is 5.73 Å². The highest BCUT2D eigenvalue weighted by Crippen LogP contribution is 2.31. The largest absolute Gasteiger partial charge is 0.384 e. The van der Waals surface area contributed by atoms with Crippen molar-refractivity contribution in [1.82, 2.24) is 4.90 Å². The Morgan fingerprint density at radius 2 is 2.00 bits per heavy atom. The first-order valence-electron chi connectivity index (χ1n) is 6.93. The van der Waals surface area contributed by atoms with E-state index in [0.717, 1.165) is 24.2 Å². The second-order valence-electron chi connectivity index (χ2n) is 5.29. The molecule has 3 rings (SSSR count). The fourth-order valence-corrected chi connectivity index (χ4v) is 3.23. The van der Waals surface area contributed by atoms with Crippen molar-refractivity contribution in [2.75, 3.05) is 0 Å². The summed E-state index contributed by atoms with van der Waals surface area (Å²) in [5.74, 6) is 0.160. The van der Waals surface area contributed by atoms with Crippen LogP contribution in [-0.4, -0.2) is 16.8 Å². The van der Waals surface area contributed by atoms with Crippen molar-refractivity contribution in [2.45, 2.75) is 32.0 Å². The maximum Gasteiger partial charge on any atom is 0.123 e. The predicted molar refractivity (Wildman–Crippen MR) is 84.0 cm³/mol. The molecule has 0 aliphatic heterocycles. The Kier molecular flexibility index (Phi) is 3.85. The summed E-state index contributed by atoms with van der Waals surface area (Å²) in [7, 11) is 0. The molecule has 0 bridgehead atoms. The van der Waals surface area contributed by atoms with Crippen LogP contribution in [0.5, 0.6) is 0 Å². The third-order valence-electron chi connectivity index (χ3n) is 3.68. The van der Waals surface area contributed by atoms with E-state index in [9.17, 15) is 0 Å². The second-order valence-corrected chi connectivity index (χ2v) is 6.32. The van der Waals surface area contributed by atoms with Crippen LogP contribution in [0.25, 0.3) is 0 Å². The average Bonchev–Trinajstić information content (AvgIpc) is 3.17. The van der Waals surface area contributed by atoms with E-state index in [1.807, 2.05) is 29.5 Å². The monoisotopic (exact) mass is 285 g/mol. The Labute approximate surface area is 123 Å². The van der Waals surface area contributed by atoms with Crippen LogP contribution in [0.1, 0.15) is 28.8 Å². The Balaban J connectivity index is 1.78. The Morgan fingerprint density at radius 1 is 1.20 bits per heavy atom. The lowest BCUT2D eigenvalue weighted by Crippen LogP contribution is -2.26. The molecular formula is C16H19N3S. The number of nitrogens with zero attached hydrogens (tertiary/aromatic N) is 1. The number of hydrogen-bond donors (Lipinski definition) is 2. The molecule has 1 aromatic heterocycles. The zero-order valence-electron chi connectivity index (χ0n) is 11.4. The van der Waals surface area contributed by atoms with Gasteiger partial charge in [0.05, 0.1) is 0 Å². The van der Waals surface area contributed by atoms with Gasteiger partial charge in [-0.1, -0.05) is 30.3 Å². The van der Waals surface area contributed by atoms with Crippen LogP contribution < -0.4 is 5.73 Å². The number of nitrogens with two attached hydrogens (primary N) is 1. The third kappa shape index (κ3) is 3.08. The van der Waals surface area contributed by atoms with Crippen molar-refractivity contribution in [1.29, 1.82) is 5.41 Å². The van der Waals surface area contributed by atoms with Gasteiger partial charge in [-0.2, -0.15) is 0 Å². The molecule has 1 aliphatic rings. The smallest absolute Gasteiger partial charge is 0.123 e. The minimum Gasteiger partial charge on any atom is -0.384 e. The van der Waals surface area contributed by atoms with E-state index < -0.39 is 0 Å². The molecule has 0 radical (unpaired) electrons. The summed E-state index contributed by atoms with van der Waals surface area (Å²) < 4.78 is 0. The van der Waals surface area contributed by atoms with Crippen molar-refractivity contribution >= 4 is 17.2 Å². The lowest BCUT2D eigenvalue weighted by Gasteiger charge is -2.22. The third-order valence-corrected chi connectivity index (χ3v) is 4.54. The summed E-state index contributed by atoms with van der Waals surface area (Å²) in [4.78, 5) is 3.91. The molecular weight excluding hydrogens is 266 g/mol. The molecule has 3 N–H and O–H groups in total. The molecule has 20 heavy (non-hydrogen) atoms. The van der Waals surface area contributed by atoms with Gasteiger partial charge in [-0.3, -0.25) is 10.3 Å². The van der Waals surface area contributed by atoms with Crippen LogP contribution in [0.2, 0.25) is 0 Å². The molecule has 4 heteroatoms. The first kappa shape index (κ1) is 13.3. The highest BCUT2D eigenvalue weighted by Gasteiger charge is 2.29.